The molecule has 1 saturated carbocycles. The fraction of sp³-hybridized carbons (Fsp3) is 0.650. The molecule has 5 nitrogen and oxygen atoms in total. The molecule has 138 valence electrons. The molecule has 25 heavy (non-hydrogen) atoms. The number of piperazine rings is 1. The first-order valence-corrected chi connectivity index (χ1v) is 9.56. The minimum atomic E-state index is -0.0524. The Morgan fingerprint density at radius 3 is 2.56 bits per heavy atom. The minimum absolute atomic E-state index is 0.0524. The smallest absolute Gasteiger partial charge is 0.234 e. The Bertz CT molecular complexity index is 564. The van der Waals surface area contributed by atoms with E-state index in [-0.39, 0.29) is 11.9 Å². The molecule has 1 aromatic rings. The highest BCUT2D eigenvalue weighted by molar-refractivity contribution is 5.78. The number of amides is 1. The third-order valence-electron chi connectivity index (χ3n) is 5.60. The van der Waals surface area contributed by atoms with Crippen molar-refractivity contribution in [2.75, 3.05) is 39.8 Å². The van der Waals surface area contributed by atoms with Crippen molar-refractivity contribution in [1.82, 2.24) is 15.1 Å². The number of carbonyl (C=O) groups is 1. The van der Waals surface area contributed by atoms with Gasteiger partial charge in [-0.1, -0.05) is 31.0 Å². The van der Waals surface area contributed by atoms with Gasteiger partial charge in [-0.2, -0.15) is 0 Å². The van der Waals surface area contributed by atoms with Crippen LogP contribution in [0.15, 0.2) is 24.3 Å². The number of benzene rings is 1. The second kappa shape index (κ2) is 8.68. The van der Waals surface area contributed by atoms with Crippen LogP contribution in [0.3, 0.4) is 0 Å². The van der Waals surface area contributed by atoms with E-state index in [1.54, 1.807) is 7.11 Å². The van der Waals surface area contributed by atoms with E-state index in [4.69, 9.17) is 4.74 Å². The molecule has 2 aliphatic rings. The minimum Gasteiger partial charge on any atom is -0.496 e. The van der Waals surface area contributed by atoms with Crippen molar-refractivity contribution in [3.8, 4) is 5.75 Å². The zero-order valence-corrected chi connectivity index (χ0v) is 15.5. The van der Waals surface area contributed by atoms with E-state index in [2.05, 4.69) is 15.1 Å². The van der Waals surface area contributed by atoms with Crippen molar-refractivity contribution in [2.45, 2.75) is 44.7 Å². The summed E-state index contributed by atoms with van der Waals surface area (Å²) in [6.45, 7) is 6.67. The van der Waals surface area contributed by atoms with E-state index in [1.807, 2.05) is 31.2 Å². The fourth-order valence-electron chi connectivity index (χ4n) is 4.15. The molecule has 1 aromatic carbocycles. The fourth-order valence-corrected chi connectivity index (χ4v) is 4.15. The second-order valence-electron chi connectivity index (χ2n) is 7.28. The van der Waals surface area contributed by atoms with Crippen molar-refractivity contribution in [2.24, 2.45) is 0 Å². The topological polar surface area (TPSA) is 44.8 Å². The Labute approximate surface area is 151 Å². The van der Waals surface area contributed by atoms with Crippen LogP contribution >= 0.6 is 0 Å². The van der Waals surface area contributed by atoms with Gasteiger partial charge in [-0.05, 0) is 25.8 Å². The summed E-state index contributed by atoms with van der Waals surface area (Å²) in [4.78, 5) is 17.3. The van der Waals surface area contributed by atoms with Crippen LogP contribution in [0.1, 0.15) is 44.2 Å². The van der Waals surface area contributed by atoms with Crippen LogP contribution in [0.25, 0.3) is 0 Å². The predicted molar refractivity (Wildman–Crippen MR) is 99.8 cm³/mol. The number of hydrogen-bond acceptors (Lipinski definition) is 4. The SMILES string of the molecule is COc1ccccc1C(C)NC(=O)CN1CCN(C2CCCC2)CC1. The van der Waals surface area contributed by atoms with Gasteiger partial charge < -0.3 is 10.1 Å². The molecule has 1 heterocycles. The van der Waals surface area contributed by atoms with Crippen molar-refractivity contribution in [3.63, 3.8) is 0 Å². The van der Waals surface area contributed by atoms with Crippen LogP contribution in [0.5, 0.6) is 5.75 Å². The van der Waals surface area contributed by atoms with Gasteiger partial charge in [0.25, 0.3) is 0 Å². The lowest BCUT2D eigenvalue weighted by Crippen LogP contribution is -2.51. The van der Waals surface area contributed by atoms with Crippen molar-refractivity contribution < 1.29 is 9.53 Å². The summed E-state index contributed by atoms with van der Waals surface area (Å²) in [5, 5.41) is 3.11. The van der Waals surface area contributed by atoms with Crippen LogP contribution in [-0.4, -0.2) is 61.6 Å². The predicted octanol–water partition coefficient (Wildman–Crippen LogP) is 2.43. The van der Waals surface area contributed by atoms with Gasteiger partial charge in [0.15, 0.2) is 0 Å². The largest absolute Gasteiger partial charge is 0.496 e. The first-order chi connectivity index (χ1) is 12.2. The van der Waals surface area contributed by atoms with Gasteiger partial charge >= 0.3 is 0 Å². The summed E-state index contributed by atoms with van der Waals surface area (Å²) in [7, 11) is 1.66. The summed E-state index contributed by atoms with van der Waals surface area (Å²) in [6.07, 6.45) is 5.48. The molecule has 1 saturated heterocycles. The third-order valence-corrected chi connectivity index (χ3v) is 5.60. The van der Waals surface area contributed by atoms with E-state index < -0.39 is 0 Å². The molecule has 3 rings (SSSR count). The van der Waals surface area contributed by atoms with Crippen LogP contribution in [-0.2, 0) is 4.79 Å². The van der Waals surface area contributed by atoms with E-state index in [9.17, 15) is 4.79 Å². The van der Waals surface area contributed by atoms with Gasteiger partial charge in [-0.3, -0.25) is 14.6 Å². The van der Waals surface area contributed by atoms with Gasteiger partial charge in [0.1, 0.15) is 5.75 Å². The first kappa shape index (κ1) is 18.2. The van der Waals surface area contributed by atoms with Gasteiger partial charge in [0.05, 0.1) is 19.7 Å². The van der Waals surface area contributed by atoms with Crippen molar-refractivity contribution in [3.05, 3.63) is 29.8 Å². The third kappa shape index (κ3) is 4.73. The van der Waals surface area contributed by atoms with Crippen LogP contribution < -0.4 is 10.1 Å². The number of carbonyl (C=O) groups excluding carboxylic acids is 1. The molecular formula is C20H31N3O2. The lowest BCUT2D eigenvalue weighted by Gasteiger charge is -2.37. The lowest BCUT2D eigenvalue weighted by atomic mass is 10.1. The average molecular weight is 345 g/mol. The highest BCUT2D eigenvalue weighted by Crippen LogP contribution is 2.25. The summed E-state index contributed by atoms with van der Waals surface area (Å²) in [6, 6.07) is 8.60. The van der Waals surface area contributed by atoms with Gasteiger partial charge in [-0.25, -0.2) is 0 Å². The van der Waals surface area contributed by atoms with E-state index >= 15 is 0 Å². The maximum Gasteiger partial charge on any atom is 0.234 e. The van der Waals surface area contributed by atoms with Crippen LogP contribution in [0.4, 0.5) is 0 Å². The van der Waals surface area contributed by atoms with E-state index in [0.717, 1.165) is 43.5 Å². The van der Waals surface area contributed by atoms with Crippen molar-refractivity contribution in [1.29, 1.82) is 0 Å². The summed E-state index contributed by atoms with van der Waals surface area (Å²) in [5.41, 5.74) is 1.02. The highest BCUT2D eigenvalue weighted by Gasteiger charge is 2.27. The number of methoxy groups -OCH3 is 1. The quantitative estimate of drug-likeness (QED) is 0.860. The molecule has 1 amide bonds. The Morgan fingerprint density at radius 2 is 1.88 bits per heavy atom. The second-order valence-corrected chi connectivity index (χ2v) is 7.28. The molecular weight excluding hydrogens is 314 g/mol. The van der Waals surface area contributed by atoms with E-state index in [1.165, 1.54) is 25.7 Å². The Balaban J connectivity index is 1.45. The molecule has 1 aliphatic heterocycles. The average Bonchev–Trinajstić information content (AvgIpc) is 3.17. The highest BCUT2D eigenvalue weighted by atomic mass is 16.5. The van der Waals surface area contributed by atoms with Crippen LogP contribution in [0, 0.1) is 0 Å². The molecule has 5 heteroatoms. The Kier molecular flexibility index (Phi) is 6.32. The summed E-state index contributed by atoms with van der Waals surface area (Å²) in [5.74, 6) is 0.910. The lowest BCUT2D eigenvalue weighted by molar-refractivity contribution is -0.123. The number of hydrogen-bond donors (Lipinski definition) is 1. The standard InChI is InChI=1S/C20H31N3O2/c1-16(18-9-5-6-10-19(18)25-2)21-20(24)15-22-11-13-23(14-12-22)17-7-3-4-8-17/h5-6,9-10,16-17H,3-4,7-8,11-15H2,1-2H3,(H,21,24). The van der Waals surface area contributed by atoms with Gasteiger partial charge in [0, 0.05) is 37.8 Å². The molecule has 1 unspecified atom stereocenters. The van der Waals surface area contributed by atoms with Gasteiger partial charge in [0.2, 0.25) is 5.91 Å². The number of nitrogens with zero attached hydrogens (tertiary/aromatic N) is 2. The number of rotatable bonds is 6. The van der Waals surface area contributed by atoms with E-state index in [0.29, 0.717) is 6.54 Å². The molecule has 0 radical (unpaired) electrons. The molecule has 1 N–H and O–H groups in total. The maximum absolute atomic E-state index is 12.4. The molecule has 2 fully saturated rings. The maximum atomic E-state index is 12.4. The van der Waals surface area contributed by atoms with Gasteiger partial charge in [-0.15, -0.1) is 0 Å². The zero-order chi connectivity index (χ0) is 17.6. The number of ether oxygens (including phenoxy) is 1. The number of nitrogens with one attached hydrogen (secondary N) is 1. The number of para-hydroxylation sites is 1. The monoisotopic (exact) mass is 345 g/mol. The summed E-state index contributed by atoms with van der Waals surface area (Å²) >= 11 is 0. The zero-order valence-electron chi connectivity index (χ0n) is 15.5. The van der Waals surface area contributed by atoms with Crippen LogP contribution in [0.2, 0.25) is 0 Å². The molecule has 0 aromatic heterocycles. The molecule has 1 atom stereocenters. The molecule has 1 aliphatic carbocycles. The Hall–Kier alpha value is -1.59. The molecule has 0 spiro atoms. The Morgan fingerprint density at radius 1 is 1.20 bits per heavy atom. The molecule has 0 bridgehead atoms. The van der Waals surface area contributed by atoms with Crippen molar-refractivity contribution >= 4 is 5.91 Å². The first-order valence-electron chi connectivity index (χ1n) is 9.56. The normalized spacial score (nSPS) is 21.2. The summed E-state index contributed by atoms with van der Waals surface area (Å²) < 4.78 is 5.39.